The Morgan fingerprint density at radius 1 is 1.56 bits per heavy atom. The van der Waals surface area contributed by atoms with E-state index in [-0.39, 0.29) is 11.8 Å². The molecular formula is C11H19N3O3S. The maximum Gasteiger partial charge on any atom is 0.214 e. The van der Waals surface area contributed by atoms with Gasteiger partial charge in [0.1, 0.15) is 0 Å². The maximum absolute atomic E-state index is 11.9. The fraction of sp³-hybridized carbons (Fsp3) is 0.727. The molecule has 1 fully saturated rings. The van der Waals surface area contributed by atoms with Gasteiger partial charge in [-0.1, -0.05) is 0 Å². The number of nitrogens with zero attached hydrogens (tertiary/aromatic N) is 3. The Balaban J connectivity index is 2.18. The summed E-state index contributed by atoms with van der Waals surface area (Å²) in [5.74, 6) is 0.0727. The maximum atomic E-state index is 11.9. The van der Waals surface area contributed by atoms with Crippen molar-refractivity contribution >= 4 is 10.0 Å². The van der Waals surface area contributed by atoms with E-state index >= 15 is 0 Å². The number of hydrogen-bond donors (Lipinski definition) is 1. The summed E-state index contributed by atoms with van der Waals surface area (Å²) in [5.41, 5.74) is 0.944. The Hall–Kier alpha value is -0.920. The molecule has 1 aliphatic heterocycles. The van der Waals surface area contributed by atoms with Gasteiger partial charge in [0.25, 0.3) is 0 Å². The standard InChI is InChI=1S/C11H19N3O3S/c1-3-18(16,17)14-5-4-11(15)10(14)6-9-7-12-13(2)8-9/h7-8,10-11,15H,3-6H2,1-2H3/t10-,11+/m0/s1. The highest BCUT2D eigenvalue weighted by atomic mass is 32.2. The van der Waals surface area contributed by atoms with Gasteiger partial charge in [0.05, 0.1) is 24.1 Å². The van der Waals surface area contributed by atoms with Crippen LogP contribution < -0.4 is 0 Å². The minimum Gasteiger partial charge on any atom is -0.391 e. The minimum atomic E-state index is -3.25. The molecule has 0 unspecified atom stereocenters. The Bertz CT molecular complexity index is 511. The first-order valence-corrected chi connectivity index (χ1v) is 7.70. The molecule has 0 aromatic carbocycles. The van der Waals surface area contributed by atoms with Gasteiger partial charge in [-0.05, 0) is 25.3 Å². The highest BCUT2D eigenvalue weighted by Crippen LogP contribution is 2.24. The van der Waals surface area contributed by atoms with Crippen molar-refractivity contribution in [1.82, 2.24) is 14.1 Å². The van der Waals surface area contributed by atoms with Gasteiger partial charge in [0.15, 0.2) is 0 Å². The Kier molecular flexibility index (Phi) is 3.74. The van der Waals surface area contributed by atoms with Crippen LogP contribution in [-0.2, 0) is 23.5 Å². The van der Waals surface area contributed by atoms with Crippen molar-refractivity contribution in [3.8, 4) is 0 Å². The van der Waals surface area contributed by atoms with Crippen LogP contribution in [0.2, 0.25) is 0 Å². The van der Waals surface area contributed by atoms with Gasteiger partial charge in [-0.2, -0.15) is 9.40 Å². The van der Waals surface area contributed by atoms with Gasteiger partial charge in [0.2, 0.25) is 10.0 Å². The second-order valence-electron chi connectivity index (χ2n) is 4.66. The van der Waals surface area contributed by atoms with Crippen LogP contribution in [0.3, 0.4) is 0 Å². The first-order valence-electron chi connectivity index (χ1n) is 6.09. The van der Waals surface area contributed by atoms with Crippen LogP contribution in [0.5, 0.6) is 0 Å². The molecule has 1 N–H and O–H groups in total. The molecule has 2 rings (SSSR count). The number of aliphatic hydroxyl groups is 1. The van der Waals surface area contributed by atoms with Gasteiger partial charge in [0, 0.05) is 19.8 Å². The predicted octanol–water partition coefficient (Wildman–Crippen LogP) is -0.253. The lowest BCUT2D eigenvalue weighted by Crippen LogP contribution is -2.41. The van der Waals surface area contributed by atoms with Crippen LogP contribution >= 0.6 is 0 Å². The SMILES string of the molecule is CCS(=O)(=O)N1CC[C@@H](O)[C@@H]1Cc1cnn(C)c1. The Morgan fingerprint density at radius 2 is 2.28 bits per heavy atom. The number of hydrogen-bond acceptors (Lipinski definition) is 4. The zero-order valence-corrected chi connectivity index (χ0v) is 11.5. The van der Waals surface area contributed by atoms with Crippen molar-refractivity contribution in [2.75, 3.05) is 12.3 Å². The van der Waals surface area contributed by atoms with E-state index < -0.39 is 16.1 Å². The molecule has 1 saturated heterocycles. The smallest absolute Gasteiger partial charge is 0.214 e. The van der Waals surface area contributed by atoms with E-state index in [9.17, 15) is 13.5 Å². The van der Waals surface area contributed by atoms with Crippen LogP contribution in [0.4, 0.5) is 0 Å². The molecule has 2 heterocycles. The number of aryl methyl sites for hydroxylation is 1. The average molecular weight is 273 g/mol. The van der Waals surface area contributed by atoms with Crippen molar-refractivity contribution < 1.29 is 13.5 Å². The van der Waals surface area contributed by atoms with Crippen LogP contribution in [0.15, 0.2) is 12.4 Å². The number of sulfonamides is 1. The lowest BCUT2D eigenvalue weighted by molar-refractivity contribution is 0.142. The fourth-order valence-electron chi connectivity index (χ4n) is 2.38. The first-order chi connectivity index (χ1) is 8.44. The van der Waals surface area contributed by atoms with Gasteiger partial charge in [-0.25, -0.2) is 8.42 Å². The molecule has 0 radical (unpaired) electrons. The molecule has 0 saturated carbocycles. The van der Waals surface area contributed by atoms with Crippen molar-refractivity contribution in [3.05, 3.63) is 18.0 Å². The molecule has 1 aromatic rings. The predicted molar refractivity (Wildman–Crippen MR) is 67.5 cm³/mol. The van der Waals surface area contributed by atoms with E-state index in [1.54, 1.807) is 17.8 Å². The van der Waals surface area contributed by atoms with Crippen LogP contribution in [-0.4, -0.2) is 52.1 Å². The van der Waals surface area contributed by atoms with Gasteiger partial charge < -0.3 is 5.11 Å². The molecule has 102 valence electrons. The lowest BCUT2D eigenvalue weighted by atomic mass is 10.1. The largest absolute Gasteiger partial charge is 0.391 e. The topological polar surface area (TPSA) is 75.4 Å². The second-order valence-corrected chi connectivity index (χ2v) is 6.87. The van der Waals surface area contributed by atoms with Gasteiger partial charge in [-0.15, -0.1) is 0 Å². The average Bonchev–Trinajstić information content (AvgIpc) is 2.88. The van der Waals surface area contributed by atoms with Crippen molar-refractivity contribution in [2.24, 2.45) is 7.05 Å². The molecule has 1 aliphatic rings. The molecule has 7 heteroatoms. The van der Waals surface area contributed by atoms with E-state index in [0.717, 1.165) is 5.56 Å². The molecule has 1 aromatic heterocycles. The number of aliphatic hydroxyl groups excluding tert-OH is 1. The summed E-state index contributed by atoms with van der Waals surface area (Å²) in [4.78, 5) is 0. The number of rotatable bonds is 4. The summed E-state index contributed by atoms with van der Waals surface area (Å²) >= 11 is 0. The van der Waals surface area contributed by atoms with E-state index in [1.807, 2.05) is 13.2 Å². The quantitative estimate of drug-likeness (QED) is 0.820. The third-order valence-corrected chi connectivity index (χ3v) is 5.28. The fourth-order valence-corrected chi connectivity index (χ4v) is 3.72. The highest BCUT2D eigenvalue weighted by molar-refractivity contribution is 7.89. The molecule has 6 nitrogen and oxygen atoms in total. The van der Waals surface area contributed by atoms with Crippen molar-refractivity contribution in [2.45, 2.75) is 31.9 Å². The summed E-state index contributed by atoms with van der Waals surface area (Å²) in [6.07, 6.45) is 3.98. The molecule has 0 spiro atoms. The summed E-state index contributed by atoms with van der Waals surface area (Å²) in [6, 6.07) is -0.362. The van der Waals surface area contributed by atoms with Crippen LogP contribution in [0.25, 0.3) is 0 Å². The lowest BCUT2D eigenvalue weighted by Gasteiger charge is -2.24. The van der Waals surface area contributed by atoms with Crippen molar-refractivity contribution in [1.29, 1.82) is 0 Å². The second kappa shape index (κ2) is 4.99. The van der Waals surface area contributed by atoms with E-state index in [0.29, 0.717) is 19.4 Å². The first kappa shape index (κ1) is 13.5. The molecule has 0 amide bonds. The van der Waals surface area contributed by atoms with Crippen molar-refractivity contribution in [3.63, 3.8) is 0 Å². The van der Waals surface area contributed by atoms with Crippen LogP contribution in [0, 0.1) is 0 Å². The van der Waals surface area contributed by atoms with Gasteiger partial charge in [-0.3, -0.25) is 4.68 Å². The molecular weight excluding hydrogens is 254 g/mol. The van der Waals surface area contributed by atoms with E-state index in [1.165, 1.54) is 4.31 Å². The Morgan fingerprint density at radius 3 is 2.83 bits per heavy atom. The van der Waals surface area contributed by atoms with E-state index in [4.69, 9.17) is 0 Å². The third-order valence-electron chi connectivity index (χ3n) is 3.38. The molecule has 18 heavy (non-hydrogen) atoms. The number of aromatic nitrogens is 2. The zero-order chi connectivity index (χ0) is 13.3. The molecule has 0 aliphatic carbocycles. The molecule has 2 atom stereocenters. The van der Waals surface area contributed by atoms with Crippen LogP contribution in [0.1, 0.15) is 18.9 Å². The zero-order valence-electron chi connectivity index (χ0n) is 10.7. The third kappa shape index (κ3) is 2.57. The monoisotopic (exact) mass is 273 g/mol. The Labute approximate surface area is 107 Å². The summed E-state index contributed by atoms with van der Waals surface area (Å²) in [6.45, 7) is 2.03. The summed E-state index contributed by atoms with van der Waals surface area (Å²) < 4.78 is 27.0. The summed E-state index contributed by atoms with van der Waals surface area (Å²) in [5, 5.41) is 14.0. The molecule has 0 bridgehead atoms. The highest BCUT2D eigenvalue weighted by Gasteiger charge is 2.39. The van der Waals surface area contributed by atoms with Gasteiger partial charge >= 0.3 is 0 Å². The normalized spacial score (nSPS) is 25.7. The minimum absolute atomic E-state index is 0.0727. The van der Waals surface area contributed by atoms with E-state index in [2.05, 4.69) is 5.10 Å². The summed E-state index contributed by atoms with van der Waals surface area (Å²) in [7, 11) is -1.43.